The molecule has 0 heterocycles. The normalized spacial score (nSPS) is 12.2. The van der Waals surface area contributed by atoms with Crippen molar-refractivity contribution in [3.05, 3.63) is 54.1 Å². The zero-order valence-corrected chi connectivity index (χ0v) is 16.7. The van der Waals surface area contributed by atoms with E-state index in [1.807, 2.05) is 0 Å². The summed E-state index contributed by atoms with van der Waals surface area (Å²) in [5, 5.41) is 11.0. The van der Waals surface area contributed by atoms with Crippen LogP contribution in [-0.2, 0) is 21.2 Å². The average Bonchev–Trinajstić information content (AvgIpc) is 2.72. The van der Waals surface area contributed by atoms with Crippen LogP contribution in [0.25, 0.3) is 0 Å². The molecule has 2 rings (SSSR count). The van der Waals surface area contributed by atoms with E-state index in [0.717, 1.165) is 5.56 Å². The van der Waals surface area contributed by atoms with E-state index >= 15 is 0 Å². The van der Waals surface area contributed by atoms with E-state index in [1.165, 1.54) is 19.2 Å². The third-order valence-corrected chi connectivity index (χ3v) is 6.45. The van der Waals surface area contributed by atoms with Crippen LogP contribution >= 0.6 is 0 Å². The van der Waals surface area contributed by atoms with Gasteiger partial charge in [0.2, 0.25) is 0 Å². The Balaban J connectivity index is 1.80. The highest BCUT2D eigenvalue weighted by Crippen LogP contribution is 2.22. The number of rotatable bonds is 10. The van der Waals surface area contributed by atoms with Crippen LogP contribution in [0.15, 0.2) is 53.4 Å². The lowest BCUT2D eigenvalue weighted by Gasteiger charge is -2.14. The number of carbonyl (C=O) groups is 1. The van der Waals surface area contributed by atoms with E-state index in [9.17, 15) is 13.2 Å². The second kappa shape index (κ2) is 10.1. The Labute approximate surface area is 165 Å². The van der Waals surface area contributed by atoms with Gasteiger partial charge in [0, 0.05) is 6.54 Å². The van der Waals surface area contributed by atoms with Crippen LogP contribution in [0.2, 0.25) is 0 Å². The van der Waals surface area contributed by atoms with Gasteiger partial charge >= 0.3 is 0 Å². The third-order valence-electron chi connectivity index (χ3n) is 4.25. The number of hydrogen-bond donors (Lipinski definition) is 2. The van der Waals surface area contributed by atoms with E-state index in [0.29, 0.717) is 11.5 Å². The molecule has 1 unspecified atom stereocenters. The molecule has 0 saturated heterocycles. The van der Waals surface area contributed by atoms with E-state index in [-0.39, 0.29) is 37.0 Å². The van der Waals surface area contributed by atoms with Gasteiger partial charge in [0.15, 0.2) is 16.4 Å². The average molecular weight is 407 g/mol. The van der Waals surface area contributed by atoms with Gasteiger partial charge in [-0.15, -0.1) is 0 Å². The molecule has 2 aromatic rings. The lowest BCUT2D eigenvalue weighted by atomic mass is 10.2. The lowest BCUT2D eigenvalue weighted by molar-refractivity contribution is -0.123. The number of methoxy groups -OCH3 is 1. The molecular weight excluding hydrogens is 382 g/mol. The van der Waals surface area contributed by atoms with E-state index < -0.39 is 15.1 Å². The Kier molecular flexibility index (Phi) is 7.83. The number of carbonyl (C=O) groups excluding carboxylic acids is 1. The molecule has 1 atom stereocenters. The number of sulfone groups is 1. The summed E-state index contributed by atoms with van der Waals surface area (Å²) in [6.45, 7) is 1.60. The first kappa shape index (κ1) is 21.7. The van der Waals surface area contributed by atoms with Crippen molar-refractivity contribution < 1.29 is 27.8 Å². The molecule has 0 aliphatic carbocycles. The fourth-order valence-corrected chi connectivity index (χ4v) is 3.91. The maximum absolute atomic E-state index is 12.6. The van der Waals surface area contributed by atoms with E-state index in [4.69, 9.17) is 14.6 Å². The second-order valence-electron chi connectivity index (χ2n) is 6.26. The molecule has 0 aromatic heterocycles. The van der Waals surface area contributed by atoms with Crippen molar-refractivity contribution in [1.82, 2.24) is 5.32 Å². The van der Waals surface area contributed by atoms with Crippen molar-refractivity contribution in [3.8, 4) is 11.5 Å². The van der Waals surface area contributed by atoms with Crippen LogP contribution in [0, 0.1) is 0 Å². The van der Waals surface area contributed by atoms with Crippen molar-refractivity contribution >= 4 is 15.7 Å². The maximum atomic E-state index is 12.6. The quantitative estimate of drug-likeness (QED) is 0.624. The van der Waals surface area contributed by atoms with Crippen LogP contribution in [0.3, 0.4) is 0 Å². The Morgan fingerprint density at radius 1 is 1.14 bits per heavy atom. The van der Waals surface area contributed by atoms with Gasteiger partial charge in [-0.25, -0.2) is 8.42 Å². The molecule has 8 heteroatoms. The fraction of sp³-hybridized carbons (Fsp3) is 0.350. The van der Waals surface area contributed by atoms with Gasteiger partial charge in [0.25, 0.3) is 5.91 Å². The second-order valence-corrected chi connectivity index (χ2v) is 8.63. The Morgan fingerprint density at radius 2 is 1.86 bits per heavy atom. The molecule has 0 spiro atoms. The summed E-state index contributed by atoms with van der Waals surface area (Å²) in [7, 11) is -2.03. The molecule has 28 heavy (non-hydrogen) atoms. The predicted octanol–water partition coefficient (Wildman–Crippen LogP) is 1.93. The van der Waals surface area contributed by atoms with Gasteiger partial charge in [-0.05, 0) is 49.2 Å². The van der Waals surface area contributed by atoms with Crippen molar-refractivity contribution in [2.75, 3.05) is 20.3 Å². The summed E-state index contributed by atoms with van der Waals surface area (Å²) < 4.78 is 35.7. The zero-order chi connectivity index (χ0) is 20.6. The first-order valence-electron chi connectivity index (χ1n) is 8.84. The van der Waals surface area contributed by atoms with Crippen LogP contribution < -0.4 is 14.8 Å². The Hall–Kier alpha value is -2.58. The molecular formula is C20H25NO6S. The summed E-state index contributed by atoms with van der Waals surface area (Å²) in [5.74, 6) is 0.657. The van der Waals surface area contributed by atoms with Crippen LogP contribution in [-0.4, -0.2) is 44.9 Å². The highest BCUT2D eigenvalue weighted by Gasteiger charge is 2.23. The summed E-state index contributed by atoms with van der Waals surface area (Å²) >= 11 is 0. The number of hydrogen-bond acceptors (Lipinski definition) is 6. The molecule has 2 aromatic carbocycles. The molecule has 0 fully saturated rings. The number of ether oxygens (including phenoxy) is 2. The van der Waals surface area contributed by atoms with Gasteiger partial charge in [0.05, 0.1) is 23.9 Å². The highest BCUT2D eigenvalue weighted by atomic mass is 32.2. The maximum Gasteiger partial charge on any atom is 0.257 e. The van der Waals surface area contributed by atoms with E-state index in [1.54, 1.807) is 43.3 Å². The van der Waals surface area contributed by atoms with E-state index in [2.05, 4.69) is 5.32 Å². The van der Waals surface area contributed by atoms with Crippen molar-refractivity contribution in [3.63, 3.8) is 0 Å². The molecule has 7 nitrogen and oxygen atoms in total. The SMILES string of the molecule is COc1cccc(S(=O)(=O)C(C)CCNC(=O)COc2ccc(CO)cc2)c1. The number of nitrogens with one attached hydrogen (secondary N) is 1. The molecule has 152 valence electrons. The minimum absolute atomic E-state index is 0.0579. The summed E-state index contributed by atoms with van der Waals surface area (Å²) in [6, 6.07) is 13.1. The molecule has 0 aliphatic rings. The molecule has 0 radical (unpaired) electrons. The van der Waals surface area contributed by atoms with Crippen molar-refractivity contribution in [2.45, 2.75) is 30.1 Å². The van der Waals surface area contributed by atoms with Gasteiger partial charge in [-0.1, -0.05) is 18.2 Å². The Bertz CT molecular complexity index is 880. The molecule has 1 amide bonds. The smallest absolute Gasteiger partial charge is 0.257 e. The van der Waals surface area contributed by atoms with Gasteiger partial charge in [-0.2, -0.15) is 0 Å². The fourth-order valence-electron chi connectivity index (χ4n) is 2.47. The van der Waals surface area contributed by atoms with Gasteiger partial charge in [-0.3, -0.25) is 4.79 Å². The predicted molar refractivity (Wildman–Crippen MR) is 105 cm³/mol. The molecule has 2 N–H and O–H groups in total. The van der Waals surface area contributed by atoms with Crippen LogP contribution in [0.1, 0.15) is 18.9 Å². The number of benzene rings is 2. The first-order valence-corrected chi connectivity index (χ1v) is 10.4. The zero-order valence-electron chi connectivity index (χ0n) is 15.9. The summed E-state index contributed by atoms with van der Waals surface area (Å²) in [5.41, 5.74) is 0.753. The number of amides is 1. The van der Waals surface area contributed by atoms with Gasteiger partial charge < -0.3 is 19.9 Å². The highest BCUT2D eigenvalue weighted by molar-refractivity contribution is 7.92. The number of aliphatic hydroxyl groups is 1. The monoisotopic (exact) mass is 407 g/mol. The Morgan fingerprint density at radius 3 is 2.50 bits per heavy atom. The van der Waals surface area contributed by atoms with Gasteiger partial charge in [0.1, 0.15) is 11.5 Å². The summed E-state index contributed by atoms with van der Waals surface area (Å²) in [4.78, 5) is 12.1. The topological polar surface area (TPSA) is 102 Å². The summed E-state index contributed by atoms with van der Waals surface area (Å²) in [6.07, 6.45) is 0.274. The minimum atomic E-state index is -3.51. The number of aliphatic hydroxyl groups excluding tert-OH is 1. The first-order chi connectivity index (χ1) is 13.4. The van der Waals surface area contributed by atoms with Crippen LogP contribution in [0.5, 0.6) is 11.5 Å². The standard InChI is InChI=1S/C20H25NO6S/c1-15(28(24,25)19-5-3-4-18(12-19)26-2)10-11-21-20(23)14-27-17-8-6-16(13-22)7-9-17/h3-9,12,15,22H,10-11,13-14H2,1-2H3,(H,21,23). The molecule has 0 saturated carbocycles. The van der Waals surface area contributed by atoms with Crippen molar-refractivity contribution in [2.24, 2.45) is 0 Å². The minimum Gasteiger partial charge on any atom is -0.497 e. The van der Waals surface area contributed by atoms with Crippen LogP contribution in [0.4, 0.5) is 0 Å². The molecule has 0 bridgehead atoms. The van der Waals surface area contributed by atoms with Crippen molar-refractivity contribution in [1.29, 1.82) is 0 Å². The lowest BCUT2D eigenvalue weighted by Crippen LogP contribution is -2.32. The molecule has 0 aliphatic heterocycles. The third kappa shape index (κ3) is 5.97. The largest absolute Gasteiger partial charge is 0.497 e.